The smallest absolute Gasteiger partial charge is 0.431 e. The number of nitrogens with zero attached hydrogens (tertiary/aromatic N) is 1. The molecule has 0 radical (unpaired) electrons. The highest BCUT2D eigenvalue weighted by molar-refractivity contribution is 5.64. The summed E-state index contributed by atoms with van der Waals surface area (Å²) in [6, 6.07) is 0. The Morgan fingerprint density at radius 3 is 2.33 bits per heavy atom. The topological polar surface area (TPSA) is 85.0 Å². The van der Waals surface area contributed by atoms with Crippen molar-refractivity contribution < 1.29 is 19.5 Å². The minimum Gasteiger partial charge on any atom is -0.463 e. The molecule has 0 fully saturated rings. The van der Waals surface area contributed by atoms with Gasteiger partial charge in [-0.2, -0.15) is 5.06 Å². The lowest BCUT2D eigenvalue weighted by Crippen LogP contribution is -2.45. The molecule has 0 saturated carbocycles. The molecule has 3 N–H and O–H groups in total. The molecular formula is C9H20N2O4. The Bertz CT molecular complexity index is 191. The molecule has 6 heteroatoms. The van der Waals surface area contributed by atoms with Crippen LogP contribution in [-0.4, -0.2) is 48.2 Å². The van der Waals surface area contributed by atoms with Crippen molar-refractivity contribution in [1.82, 2.24) is 5.06 Å². The summed E-state index contributed by atoms with van der Waals surface area (Å²) in [5, 5.41) is 9.77. The van der Waals surface area contributed by atoms with Crippen LogP contribution in [0.1, 0.15) is 20.8 Å². The summed E-state index contributed by atoms with van der Waals surface area (Å²) >= 11 is 0. The number of hydrogen-bond acceptors (Lipinski definition) is 4. The fourth-order valence-electron chi connectivity index (χ4n) is 0.909. The van der Waals surface area contributed by atoms with Crippen LogP contribution in [-0.2, 0) is 9.57 Å². The van der Waals surface area contributed by atoms with Crippen LogP contribution in [0.3, 0.4) is 0 Å². The van der Waals surface area contributed by atoms with E-state index in [1.165, 1.54) is 0 Å². The van der Waals surface area contributed by atoms with Gasteiger partial charge in [-0.3, -0.25) is 4.84 Å². The Kier molecular flexibility index (Phi) is 6.23. The molecule has 0 unspecified atom stereocenters. The monoisotopic (exact) mass is 220 g/mol. The zero-order valence-corrected chi connectivity index (χ0v) is 9.52. The van der Waals surface area contributed by atoms with E-state index in [4.69, 9.17) is 20.4 Å². The highest BCUT2D eigenvalue weighted by Gasteiger charge is 2.27. The Morgan fingerprint density at radius 1 is 1.33 bits per heavy atom. The molecule has 0 rings (SSSR count). The maximum atomic E-state index is 10.8. The number of hydroxylamine groups is 2. The van der Waals surface area contributed by atoms with Crippen LogP contribution in [0.25, 0.3) is 0 Å². The molecule has 0 aromatic rings. The largest absolute Gasteiger partial charge is 0.463 e. The quantitative estimate of drug-likeness (QED) is 0.507. The molecule has 0 aromatic carbocycles. The normalized spacial score (nSPS) is 11.5. The molecule has 90 valence electrons. The highest BCUT2D eigenvalue weighted by atomic mass is 16.7. The zero-order chi connectivity index (χ0) is 11.9. The average molecular weight is 220 g/mol. The number of carboxylic acid groups (broad SMARTS) is 1. The van der Waals surface area contributed by atoms with Crippen LogP contribution in [0, 0.1) is 0 Å². The number of nitrogens with two attached hydrogens (primary N) is 1. The lowest BCUT2D eigenvalue weighted by molar-refractivity contribution is -0.186. The van der Waals surface area contributed by atoms with E-state index in [0.717, 1.165) is 5.06 Å². The van der Waals surface area contributed by atoms with Crippen LogP contribution in [0.2, 0.25) is 0 Å². The SMILES string of the molecule is CC(C)(C)N(OCCOCCN)C(=O)O. The number of carbonyl (C=O) groups is 1. The Balaban J connectivity index is 3.84. The number of ether oxygens (including phenoxy) is 1. The molecular weight excluding hydrogens is 200 g/mol. The van der Waals surface area contributed by atoms with Crippen molar-refractivity contribution in [3.05, 3.63) is 0 Å². The van der Waals surface area contributed by atoms with Crippen molar-refractivity contribution in [1.29, 1.82) is 0 Å². The summed E-state index contributed by atoms with van der Waals surface area (Å²) in [6.45, 7) is 6.68. The van der Waals surface area contributed by atoms with Gasteiger partial charge in [-0.1, -0.05) is 0 Å². The minimum absolute atomic E-state index is 0.198. The minimum atomic E-state index is -1.11. The van der Waals surface area contributed by atoms with Gasteiger partial charge in [0.1, 0.15) is 0 Å². The van der Waals surface area contributed by atoms with Gasteiger partial charge in [-0.05, 0) is 20.8 Å². The van der Waals surface area contributed by atoms with Gasteiger partial charge < -0.3 is 15.6 Å². The van der Waals surface area contributed by atoms with Crippen LogP contribution in [0.15, 0.2) is 0 Å². The van der Waals surface area contributed by atoms with E-state index in [1.807, 2.05) is 0 Å². The predicted molar refractivity (Wildman–Crippen MR) is 55.4 cm³/mol. The van der Waals surface area contributed by atoms with E-state index in [0.29, 0.717) is 19.8 Å². The summed E-state index contributed by atoms with van der Waals surface area (Å²) in [4.78, 5) is 15.9. The molecule has 0 aliphatic heterocycles. The molecule has 1 amide bonds. The first-order valence-electron chi connectivity index (χ1n) is 4.83. The van der Waals surface area contributed by atoms with Gasteiger partial charge >= 0.3 is 6.09 Å². The first-order chi connectivity index (χ1) is 6.89. The third-order valence-electron chi connectivity index (χ3n) is 1.49. The number of amides is 1. The first kappa shape index (κ1) is 14.2. The first-order valence-corrected chi connectivity index (χ1v) is 4.83. The van der Waals surface area contributed by atoms with E-state index < -0.39 is 11.6 Å². The second kappa shape index (κ2) is 6.60. The molecule has 6 nitrogen and oxygen atoms in total. The maximum absolute atomic E-state index is 10.8. The molecule has 0 spiro atoms. The summed E-state index contributed by atoms with van der Waals surface area (Å²) in [7, 11) is 0. The van der Waals surface area contributed by atoms with Gasteiger partial charge in [-0.25, -0.2) is 4.79 Å². The van der Waals surface area contributed by atoms with E-state index in [1.54, 1.807) is 20.8 Å². The fraction of sp³-hybridized carbons (Fsp3) is 0.889. The van der Waals surface area contributed by atoms with Crippen LogP contribution in [0.5, 0.6) is 0 Å². The lowest BCUT2D eigenvalue weighted by Gasteiger charge is -2.31. The second-order valence-electron chi connectivity index (χ2n) is 3.98. The van der Waals surface area contributed by atoms with Crippen LogP contribution in [0.4, 0.5) is 4.79 Å². The van der Waals surface area contributed by atoms with Gasteiger partial charge in [0.25, 0.3) is 0 Å². The third-order valence-corrected chi connectivity index (χ3v) is 1.49. The van der Waals surface area contributed by atoms with E-state index >= 15 is 0 Å². The van der Waals surface area contributed by atoms with Crippen molar-refractivity contribution >= 4 is 6.09 Å². The van der Waals surface area contributed by atoms with Crippen LogP contribution >= 0.6 is 0 Å². The molecule has 0 atom stereocenters. The van der Waals surface area contributed by atoms with Crippen molar-refractivity contribution in [3.63, 3.8) is 0 Å². The van der Waals surface area contributed by atoms with Crippen molar-refractivity contribution in [3.8, 4) is 0 Å². The molecule has 0 aromatic heterocycles. The number of rotatable bonds is 6. The van der Waals surface area contributed by atoms with Crippen molar-refractivity contribution in [2.24, 2.45) is 5.73 Å². The number of hydrogen-bond donors (Lipinski definition) is 2. The van der Waals surface area contributed by atoms with Gasteiger partial charge in [0.15, 0.2) is 0 Å². The van der Waals surface area contributed by atoms with E-state index in [-0.39, 0.29) is 6.61 Å². The predicted octanol–water partition coefficient (Wildman–Crippen LogP) is 0.672. The summed E-state index contributed by atoms with van der Waals surface area (Å²) < 4.78 is 5.06. The molecule has 0 aliphatic carbocycles. The standard InChI is InChI=1S/C9H20N2O4/c1-9(2,3)11(8(12)13)15-7-6-14-5-4-10/h4-7,10H2,1-3H3,(H,12,13). The Labute approximate surface area is 89.9 Å². The summed E-state index contributed by atoms with van der Waals surface area (Å²) in [6.07, 6.45) is -1.11. The molecule has 0 aliphatic rings. The molecule has 15 heavy (non-hydrogen) atoms. The molecule has 0 heterocycles. The summed E-state index contributed by atoms with van der Waals surface area (Å²) in [5.41, 5.74) is 4.63. The zero-order valence-electron chi connectivity index (χ0n) is 9.52. The van der Waals surface area contributed by atoms with E-state index in [9.17, 15) is 4.79 Å². The lowest BCUT2D eigenvalue weighted by atomic mass is 10.1. The van der Waals surface area contributed by atoms with Gasteiger partial charge in [0.05, 0.1) is 25.4 Å². The Hall–Kier alpha value is -0.850. The maximum Gasteiger partial charge on any atom is 0.431 e. The Morgan fingerprint density at radius 2 is 1.93 bits per heavy atom. The van der Waals surface area contributed by atoms with E-state index in [2.05, 4.69) is 0 Å². The summed E-state index contributed by atoms with van der Waals surface area (Å²) in [5.74, 6) is 0. The van der Waals surface area contributed by atoms with Gasteiger partial charge in [-0.15, -0.1) is 0 Å². The molecule has 0 saturated heterocycles. The molecule has 0 bridgehead atoms. The second-order valence-corrected chi connectivity index (χ2v) is 3.98. The highest BCUT2D eigenvalue weighted by Crippen LogP contribution is 2.13. The van der Waals surface area contributed by atoms with Gasteiger partial charge in [0, 0.05) is 6.54 Å². The third kappa shape index (κ3) is 6.27. The average Bonchev–Trinajstić information content (AvgIpc) is 2.08. The van der Waals surface area contributed by atoms with Gasteiger partial charge in [0.2, 0.25) is 0 Å². The van der Waals surface area contributed by atoms with Crippen molar-refractivity contribution in [2.75, 3.05) is 26.4 Å². The fourth-order valence-corrected chi connectivity index (χ4v) is 0.909. The van der Waals surface area contributed by atoms with Crippen molar-refractivity contribution in [2.45, 2.75) is 26.3 Å². The van der Waals surface area contributed by atoms with Crippen LogP contribution < -0.4 is 5.73 Å².